The average Bonchev–Trinajstić information content (AvgIpc) is 2.30. The van der Waals surface area contributed by atoms with E-state index < -0.39 is 29.8 Å². The number of carbonyl (C=O) groups is 1. The standard InChI is InChI=1S/C12H15F3N2O2/c1-3-8(2)16-10(18)7-17-6-4-5-9(11(17)19)12(13,14)15/h4-6,8H,3,7H2,1-2H3,(H,16,18). The van der Waals surface area contributed by atoms with Crippen molar-refractivity contribution in [1.82, 2.24) is 9.88 Å². The van der Waals surface area contributed by atoms with Crippen LogP contribution in [-0.2, 0) is 17.5 Å². The lowest BCUT2D eigenvalue weighted by Crippen LogP contribution is -2.38. The molecular formula is C12H15F3N2O2. The van der Waals surface area contributed by atoms with Crippen LogP contribution in [0.15, 0.2) is 23.1 Å². The largest absolute Gasteiger partial charge is 0.421 e. The van der Waals surface area contributed by atoms with Crippen LogP contribution in [0.3, 0.4) is 0 Å². The molecule has 0 aliphatic carbocycles. The molecule has 0 fully saturated rings. The van der Waals surface area contributed by atoms with Gasteiger partial charge in [0.2, 0.25) is 5.91 Å². The first kappa shape index (κ1) is 15.3. The predicted octanol–water partition coefficient (Wildman–Crippen LogP) is 1.78. The number of hydrogen-bond donors (Lipinski definition) is 1. The molecule has 0 aliphatic heterocycles. The second kappa shape index (κ2) is 5.90. The fourth-order valence-corrected chi connectivity index (χ4v) is 1.45. The Bertz CT molecular complexity index is 508. The molecule has 0 aliphatic rings. The van der Waals surface area contributed by atoms with E-state index in [2.05, 4.69) is 5.32 Å². The number of nitrogens with one attached hydrogen (secondary N) is 1. The summed E-state index contributed by atoms with van der Waals surface area (Å²) in [5.41, 5.74) is -2.49. The van der Waals surface area contributed by atoms with Crippen LogP contribution in [0.5, 0.6) is 0 Å². The van der Waals surface area contributed by atoms with Crippen LogP contribution in [-0.4, -0.2) is 16.5 Å². The number of halogens is 3. The molecule has 0 saturated carbocycles. The van der Waals surface area contributed by atoms with Gasteiger partial charge in [-0.1, -0.05) is 6.92 Å². The highest BCUT2D eigenvalue weighted by atomic mass is 19.4. The van der Waals surface area contributed by atoms with Gasteiger partial charge >= 0.3 is 6.18 Å². The number of hydrogen-bond acceptors (Lipinski definition) is 2. The third-order valence-corrected chi connectivity index (χ3v) is 2.66. The molecule has 7 heteroatoms. The smallest absolute Gasteiger partial charge is 0.352 e. The van der Waals surface area contributed by atoms with Gasteiger partial charge in [-0.15, -0.1) is 0 Å². The van der Waals surface area contributed by atoms with E-state index in [1.165, 1.54) is 0 Å². The number of nitrogens with zero attached hydrogens (tertiary/aromatic N) is 1. The molecular weight excluding hydrogens is 261 g/mol. The van der Waals surface area contributed by atoms with E-state index in [0.29, 0.717) is 12.5 Å². The fourth-order valence-electron chi connectivity index (χ4n) is 1.45. The minimum absolute atomic E-state index is 0.0889. The molecule has 19 heavy (non-hydrogen) atoms. The Balaban J connectivity index is 2.92. The zero-order valence-corrected chi connectivity index (χ0v) is 10.6. The van der Waals surface area contributed by atoms with E-state index in [9.17, 15) is 22.8 Å². The van der Waals surface area contributed by atoms with E-state index in [0.717, 1.165) is 16.8 Å². The summed E-state index contributed by atoms with van der Waals surface area (Å²) in [6.45, 7) is 3.21. The van der Waals surface area contributed by atoms with E-state index in [1.807, 2.05) is 6.92 Å². The summed E-state index contributed by atoms with van der Waals surface area (Å²) in [5, 5.41) is 2.58. The molecule has 1 heterocycles. The van der Waals surface area contributed by atoms with Crippen LogP contribution >= 0.6 is 0 Å². The summed E-state index contributed by atoms with van der Waals surface area (Å²) >= 11 is 0. The first-order valence-corrected chi connectivity index (χ1v) is 5.81. The van der Waals surface area contributed by atoms with Gasteiger partial charge in [-0.2, -0.15) is 13.2 Å². The lowest BCUT2D eigenvalue weighted by molar-refractivity contribution is -0.139. The van der Waals surface area contributed by atoms with Crippen LogP contribution in [0.1, 0.15) is 25.8 Å². The molecule has 0 spiro atoms. The molecule has 0 aromatic carbocycles. The molecule has 0 saturated heterocycles. The summed E-state index contributed by atoms with van der Waals surface area (Å²) < 4.78 is 38.3. The van der Waals surface area contributed by atoms with Crippen molar-refractivity contribution in [3.05, 3.63) is 34.2 Å². The Kier molecular flexibility index (Phi) is 4.74. The molecule has 4 nitrogen and oxygen atoms in total. The zero-order chi connectivity index (χ0) is 14.6. The molecule has 1 amide bonds. The van der Waals surface area contributed by atoms with E-state index in [4.69, 9.17) is 0 Å². The summed E-state index contributed by atoms with van der Waals surface area (Å²) in [6.07, 6.45) is -2.86. The maximum atomic E-state index is 12.5. The molecule has 1 atom stereocenters. The van der Waals surface area contributed by atoms with Gasteiger partial charge in [0.1, 0.15) is 12.1 Å². The van der Waals surface area contributed by atoms with Crippen molar-refractivity contribution in [1.29, 1.82) is 0 Å². The van der Waals surface area contributed by atoms with Crippen molar-refractivity contribution in [2.75, 3.05) is 0 Å². The second-order valence-electron chi connectivity index (χ2n) is 4.23. The number of rotatable bonds is 4. The second-order valence-corrected chi connectivity index (χ2v) is 4.23. The van der Waals surface area contributed by atoms with Gasteiger partial charge in [0.05, 0.1) is 0 Å². The number of amides is 1. The minimum atomic E-state index is -4.72. The quantitative estimate of drug-likeness (QED) is 0.911. The van der Waals surface area contributed by atoms with Gasteiger partial charge in [0.15, 0.2) is 0 Å². The van der Waals surface area contributed by atoms with Gasteiger partial charge in [-0.3, -0.25) is 9.59 Å². The molecule has 0 radical (unpaired) electrons. The molecule has 106 valence electrons. The van der Waals surface area contributed by atoms with Crippen molar-refractivity contribution in [3.63, 3.8) is 0 Å². The van der Waals surface area contributed by atoms with Gasteiger partial charge in [-0.05, 0) is 25.5 Å². The van der Waals surface area contributed by atoms with Crippen molar-refractivity contribution >= 4 is 5.91 Å². The topological polar surface area (TPSA) is 51.1 Å². The number of aromatic nitrogens is 1. The third-order valence-electron chi connectivity index (χ3n) is 2.66. The zero-order valence-electron chi connectivity index (χ0n) is 10.6. The third kappa shape index (κ3) is 4.11. The van der Waals surface area contributed by atoms with E-state index >= 15 is 0 Å². The Hall–Kier alpha value is -1.79. The van der Waals surface area contributed by atoms with Crippen molar-refractivity contribution in [2.24, 2.45) is 0 Å². The van der Waals surface area contributed by atoms with Crippen LogP contribution in [0.4, 0.5) is 13.2 Å². The van der Waals surface area contributed by atoms with Crippen molar-refractivity contribution in [3.8, 4) is 0 Å². The van der Waals surface area contributed by atoms with Gasteiger partial charge in [-0.25, -0.2) is 0 Å². The number of pyridine rings is 1. The van der Waals surface area contributed by atoms with Crippen LogP contribution in [0.25, 0.3) is 0 Å². The minimum Gasteiger partial charge on any atom is -0.352 e. The monoisotopic (exact) mass is 276 g/mol. The number of alkyl halides is 3. The van der Waals surface area contributed by atoms with Gasteiger partial charge in [0.25, 0.3) is 5.56 Å². The molecule has 1 unspecified atom stereocenters. The SMILES string of the molecule is CCC(C)NC(=O)Cn1cccc(C(F)(F)F)c1=O. The highest BCUT2D eigenvalue weighted by Crippen LogP contribution is 2.25. The predicted molar refractivity (Wildman–Crippen MR) is 63.6 cm³/mol. The summed E-state index contributed by atoms with van der Waals surface area (Å²) in [4.78, 5) is 23.1. The Morgan fingerprint density at radius 3 is 2.63 bits per heavy atom. The lowest BCUT2D eigenvalue weighted by atomic mass is 10.2. The fraction of sp³-hybridized carbons (Fsp3) is 0.500. The molecule has 1 N–H and O–H groups in total. The van der Waals surface area contributed by atoms with Crippen molar-refractivity contribution < 1.29 is 18.0 Å². The number of carbonyl (C=O) groups excluding carboxylic acids is 1. The van der Waals surface area contributed by atoms with Gasteiger partial charge in [0, 0.05) is 12.2 Å². The lowest BCUT2D eigenvalue weighted by Gasteiger charge is -2.13. The van der Waals surface area contributed by atoms with Crippen LogP contribution in [0.2, 0.25) is 0 Å². The Labute approximate surface area is 108 Å². The van der Waals surface area contributed by atoms with E-state index in [-0.39, 0.29) is 6.04 Å². The highest BCUT2D eigenvalue weighted by molar-refractivity contribution is 5.76. The van der Waals surface area contributed by atoms with E-state index in [1.54, 1.807) is 6.92 Å². The van der Waals surface area contributed by atoms with Gasteiger partial charge < -0.3 is 9.88 Å². The molecule has 0 bridgehead atoms. The van der Waals surface area contributed by atoms with Crippen LogP contribution < -0.4 is 10.9 Å². The first-order valence-electron chi connectivity index (χ1n) is 5.81. The summed E-state index contributed by atoms with van der Waals surface area (Å²) in [7, 11) is 0. The molecule has 1 rings (SSSR count). The maximum Gasteiger partial charge on any atom is 0.421 e. The average molecular weight is 276 g/mol. The first-order chi connectivity index (χ1) is 8.75. The summed E-state index contributed by atoms with van der Waals surface area (Å²) in [6, 6.07) is 1.71. The van der Waals surface area contributed by atoms with Crippen molar-refractivity contribution in [2.45, 2.75) is 39.0 Å². The van der Waals surface area contributed by atoms with Crippen LogP contribution in [0, 0.1) is 0 Å². The Morgan fingerprint density at radius 1 is 1.47 bits per heavy atom. The normalized spacial score (nSPS) is 13.1. The molecule has 1 aromatic heterocycles. The Morgan fingerprint density at radius 2 is 2.11 bits per heavy atom. The maximum absolute atomic E-state index is 12.5. The molecule has 1 aromatic rings. The highest BCUT2D eigenvalue weighted by Gasteiger charge is 2.34. The summed E-state index contributed by atoms with van der Waals surface area (Å²) in [5.74, 6) is -0.490.